The molecule has 0 saturated carbocycles. The van der Waals surface area contributed by atoms with Gasteiger partial charge in [0, 0.05) is 24.1 Å². The lowest BCUT2D eigenvalue weighted by Gasteiger charge is -2.35. The second kappa shape index (κ2) is 5.41. The molecular weight excluding hydrogens is 222 g/mol. The quantitative estimate of drug-likeness (QED) is 0.697. The van der Waals surface area contributed by atoms with E-state index < -0.39 is 0 Å². The third kappa shape index (κ3) is 4.34. The van der Waals surface area contributed by atoms with Crippen LogP contribution in [0.3, 0.4) is 0 Å². The van der Waals surface area contributed by atoms with E-state index in [1.807, 2.05) is 39.5 Å². The number of hydrogen-bond acceptors (Lipinski definition) is 4. The van der Waals surface area contributed by atoms with Crippen molar-refractivity contribution in [2.24, 2.45) is 0 Å². The highest BCUT2D eigenvalue weighted by atomic mass is 32.2. The number of esters is 1. The van der Waals surface area contributed by atoms with Crippen LogP contribution >= 0.6 is 11.8 Å². The van der Waals surface area contributed by atoms with E-state index in [1.54, 1.807) is 0 Å². The SMILES string of the molecule is CC1CN(C(C)C(=O)OC(C)(C)C)CCS1. The number of thioether (sulfide) groups is 1. The summed E-state index contributed by atoms with van der Waals surface area (Å²) in [6.45, 7) is 11.8. The smallest absolute Gasteiger partial charge is 0.323 e. The molecule has 0 radical (unpaired) electrons. The number of carbonyl (C=O) groups is 1. The molecule has 1 fully saturated rings. The molecule has 1 rings (SSSR count). The maximum Gasteiger partial charge on any atom is 0.323 e. The van der Waals surface area contributed by atoms with Crippen LogP contribution in [0.15, 0.2) is 0 Å². The summed E-state index contributed by atoms with van der Waals surface area (Å²) in [5.74, 6) is 1.00. The molecule has 2 unspecified atom stereocenters. The average molecular weight is 245 g/mol. The highest BCUT2D eigenvalue weighted by Crippen LogP contribution is 2.20. The summed E-state index contributed by atoms with van der Waals surface area (Å²) in [6.07, 6.45) is 0. The Morgan fingerprint density at radius 1 is 1.50 bits per heavy atom. The van der Waals surface area contributed by atoms with Gasteiger partial charge in [-0.05, 0) is 27.7 Å². The Hall–Kier alpha value is -0.220. The number of carbonyl (C=O) groups excluding carboxylic acids is 1. The lowest BCUT2D eigenvalue weighted by molar-refractivity contribution is -0.160. The first kappa shape index (κ1) is 13.8. The average Bonchev–Trinajstić information content (AvgIpc) is 2.14. The number of ether oxygens (including phenoxy) is 1. The van der Waals surface area contributed by atoms with Gasteiger partial charge in [-0.1, -0.05) is 6.92 Å². The fourth-order valence-corrected chi connectivity index (χ4v) is 2.77. The van der Waals surface area contributed by atoms with Crippen LogP contribution in [0, 0.1) is 0 Å². The van der Waals surface area contributed by atoms with Gasteiger partial charge < -0.3 is 4.74 Å². The summed E-state index contributed by atoms with van der Waals surface area (Å²) in [6, 6.07) is -0.123. The van der Waals surface area contributed by atoms with Crippen molar-refractivity contribution in [2.75, 3.05) is 18.8 Å². The fraction of sp³-hybridized carbons (Fsp3) is 0.917. The summed E-state index contributed by atoms with van der Waals surface area (Å²) in [4.78, 5) is 14.1. The molecule has 0 N–H and O–H groups in total. The van der Waals surface area contributed by atoms with Crippen molar-refractivity contribution in [3.8, 4) is 0 Å². The van der Waals surface area contributed by atoms with Gasteiger partial charge in [0.25, 0.3) is 0 Å². The summed E-state index contributed by atoms with van der Waals surface area (Å²) in [5.41, 5.74) is -0.387. The van der Waals surface area contributed by atoms with Gasteiger partial charge in [-0.3, -0.25) is 9.69 Å². The molecule has 16 heavy (non-hydrogen) atoms. The van der Waals surface area contributed by atoms with E-state index in [9.17, 15) is 4.79 Å². The van der Waals surface area contributed by atoms with Gasteiger partial charge in [-0.2, -0.15) is 11.8 Å². The van der Waals surface area contributed by atoms with Crippen molar-refractivity contribution in [1.82, 2.24) is 4.90 Å². The number of hydrogen-bond donors (Lipinski definition) is 0. The van der Waals surface area contributed by atoms with Crippen molar-refractivity contribution in [3.05, 3.63) is 0 Å². The van der Waals surface area contributed by atoms with Crippen LogP contribution in [0.25, 0.3) is 0 Å². The van der Waals surface area contributed by atoms with E-state index in [-0.39, 0.29) is 17.6 Å². The Morgan fingerprint density at radius 3 is 2.62 bits per heavy atom. The Kier molecular flexibility index (Phi) is 4.68. The normalized spacial score (nSPS) is 25.2. The Morgan fingerprint density at radius 2 is 2.12 bits per heavy atom. The maximum atomic E-state index is 11.9. The molecule has 94 valence electrons. The van der Waals surface area contributed by atoms with Crippen LogP contribution in [-0.2, 0) is 9.53 Å². The third-order valence-electron chi connectivity index (χ3n) is 2.57. The van der Waals surface area contributed by atoms with Crippen LogP contribution in [0.2, 0.25) is 0 Å². The number of nitrogens with zero attached hydrogens (tertiary/aromatic N) is 1. The molecule has 0 amide bonds. The zero-order chi connectivity index (χ0) is 12.3. The molecule has 1 saturated heterocycles. The zero-order valence-electron chi connectivity index (χ0n) is 10.9. The second-order valence-electron chi connectivity index (χ2n) is 5.39. The molecule has 1 heterocycles. The molecule has 0 aromatic rings. The fourth-order valence-electron chi connectivity index (χ4n) is 1.73. The van der Waals surface area contributed by atoms with Crippen LogP contribution in [0.4, 0.5) is 0 Å². The first-order chi connectivity index (χ1) is 7.29. The predicted octanol–water partition coefficient (Wildman–Crippen LogP) is 2.15. The van der Waals surface area contributed by atoms with E-state index >= 15 is 0 Å². The molecule has 0 bridgehead atoms. The monoisotopic (exact) mass is 245 g/mol. The van der Waals surface area contributed by atoms with Crippen LogP contribution in [0.1, 0.15) is 34.6 Å². The molecule has 4 heteroatoms. The number of rotatable bonds is 2. The van der Waals surface area contributed by atoms with Gasteiger partial charge in [-0.15, -0.1) is 0 Å². The molecule has 0 spiro atoms. The van der Waals surface area contributed by atoms with Gasteiger partial charge in [0.1, 0.15) is 11.6 Å². The van der Waals surface area contributed by atoms with Gasteiger partial charge >= 0.3 is 5.97 Å². The minimum Gasteiger partial charge on any atom is -0.459 e. The van der Waals surface area contributed by atoms with Crippen molar-refractivity contribution < 1.29 is 9.53 Å². The Labute approximate surface area is 103 Å². The summed E-state index contributed by atoms with van der Waals surface area (Å²) in [5, 5.41) is 0.610. The van der Waals surface area contributed by atoms with Gasteiger partial charge in [-0.25, -0.2) is 0 Å². The summed E-state index contributed by atoms with van der Waals surface area (Å²) >= 11 is 1.97. The lowest BCUT2D eigenvalue weighted by Crippen LogP contribution is -2.47. The standard InChI is InChI=1S/C12H23NO2S/c1-9-8-13(6-7-16-9)10(2)11(14)15-12(3,4)5/h9-10H,6-8H2,1-5H3. The topological polar surface area (TPSA) is 29.5 Å². The predicted molar refractivity (Wildman–Crippen MR) is 68.8 cm³/mol. The van der Waals surface area contributed by atoms with Crippen molar-refractivity contribution in [2.45, 2.75) is 51.5 Å². The molecule has 1 aliphatic rings. The molecule has 1 aliphatic heterocycles. The molecule has 0 aliphatic carbocycles. The van der Waals surface area contributed by atoms with E-state index in [0.29, 0.717) is 5.25 Å². The highest BCUT2D eigenvalue weighted by molar-refractivity contribution is 7.99. The van der Waals surface area contributed by atoms with Crippen molar-refractivity contribution in [1.29, 1.82) is 0 Å². The van der Waals surface area contributed by atoms with Crippen molar-refractivity contribution >= 4 is 17.7 Å². The second-order valence-corrected chi connectivity index (χ2v) is 6.93. The van der Waals surface area contributed by atoms with Crippen LogP contribution in [-0.4, -0.2) is 46.6 Å². The molecule has 3 nitrogen and oxygen atoms in total. The van der Waals surface area contributed by atoms with Crippen LogP contribution in [0.5, 0.6) is 0 Å². The van der Waals surface area contributed by atoms with Crippen molar-refractivity contribution in [3.63, 3.8) is 0 Å². The molecule has 0 aromatic heterocycles. The Bertz CT molecular complexity index is 250. The summed E-state index contributed by atoms with van der Waals surface area (Å²) < 4.78 is 5.40. The van der Waals surface area contributed by atoms with E-state index in [1.165, 1.54) is 0 Å². The van der Waals surface area contributed by atoms with Gasteiger partial charge in [0.15, 0.2) is 0 Å². The first-order valence-corrected chi connectivity index (χ1v) is 6.93. The highest BCUT2D eigenvalue weighted by Gasteiger charge is 2.29. The third-order valence-corrected chi connectivity index (χ3v) is 3.70. The van der Waals surface area contributed by atoms with Crippen LogP contribution < -0.4 is 0 Å². The maximum absolute atomic E-state index is 11.9. The zero-order valence-corrected chi connectivity index (χ0v) is 11.8. The summed E-state index contributed by atoms with van der Waals surface area (Å²) in [7, 11) is 0. The largest absolute Gasteiger partial charge is 0.459 e. The minimum atomic E-state index is -0.387. The molecule has 0 aromatic carbocycles. The Balaban J connectivity index is 2.49. The molecule has 2 atom stereocenters. The minimum absolute atomic E-state index is 0.105. The lowest BCUT2D eigenvalue weighted by atomic mass is 10.2. The van der Waals surface area contributed by atoms with Gasteiger partial charge in [0.2, 0.25) is 0 Å². The first-order valence-electron chi connectivity index (χ1n) is 5.88. The van der Waals surface area contributed by atoms with E-state index in [4.69, 9.17) is 4.74 Å². The van der Waals surface area contributed by atoms with E-state index in [2.05, 4.69) is 11.8 Å². The van der Waals surface area contributed by atoms with Gasteiger partial charge in [0.05, 0.1) is 0 Å². The van der Waals surface area contributed by atoms with E-state index in [0.717, 1.165) is 18.8 Å². The molecular formula is C12H23NO2S.